The first kappa shape index (κ1) is 22.9. The van der Waals surface area contributed by atoms with Crippen molar-refractivity contribution >= 4 is 14.3 Å². The Kier molecular flexibility index (Phi) is 9.00. The topological polar surface area (TPSA) is 55.8 Å². The first-order chi connectivity index (χ1) is 12.1. The van der Waals surface area contributed by atoms with E-state index in [9.17, 15) is 9.90 Å². The third-order valence-electron chi connectivity index (χ3n) is 5.33. The molecule has 2 atom stereocenters. The summed E-state index contributed by atoms with van der Waals surface area (Å²) < 4.78 is 11.6. The number of esters is 1. The van der Waals surface area contributed by atoms with Gasteiger partial charge in [-0.15, -0.1) is 0 Å². The molecule has 0 fully saturated rings. The van der Waals surface area contributed by atoms with Crippen LogP contribution in [-0.4, -0.2) is 32.1 Å². The van der Waals surface area contributed by atoms with Crippen molar-refractivity contribution in [3.05, 3.63) is 30.3 Å². The van der Waals surface area contributed by atoms with Gasteiger partial charge in [0.05, 0.1) is 12.0 Å². The number of carbonyl (C=O) groups is 1. The number of para-hydroxylation sites is 1. The summed E-state index contributed by atoms with van der Waals surface area (Å²) in [5.41, 5.74) is 0. The highest BCUT2D eigenvalue weighted by Crippen LogP contribution is 2.36. The predicted octanol–water partition coefficient (Wildman–Crippen LogP) is 5.17. The minimum atomic E-state index is -1.72. The molecule has 1 aromatic carbocycles. The molecule has 0 heterocycles. The van der Waals surface area contributed by atoms with Crippen molar-refractivity contribution in [2.45, 2.75) is 77.6 Å². The fourth-order valence-electron chi connectivity index (χ4n) is 2.44. The Morgan fingerprint density at radius 1 is 1.15 bits per heavy atom. The lowest BCUT2D eigenvalue weighted by molar-refractivity contribution is -0.143. The van der Waals surface area contributed by atoms with Gasteiger partial charge in [-0.3, -0.25) is 4.79 Å². The third kappa shape index (κ3) is 7.21. The van der Waals surface area contributed by atoms with Crippen LogP contribution in [0.15, 0.2) is 30.3 Å². The molecule has 26 heavy (non-hydrogen) atoms. The minimum absolute atomic E-state index is 0.202. The number of aliphatic hydroxyl groups is 1. The maximum absolute atomic E-state index is 12.5. The quantitative estimate of drug-likeness (QED) is 0.263. The van der Waals surface area contributed by atoms with Gasteiger partial charge in [-0.05, 0) is 49.5 Å². The van der Waals surface area contributed by atoms with Gasteiger partial charge in [0.2, 0.25) is 0 Å². The summed E-state index contributed by atoms with van der Waals surface area (Å²) in [5.74, 6) is -0.323. The molecule has 0 aliphatic carbocycles. The first-order valence-electron chi connectivity index (χ1n) is 9.67. The maximum atomic E-state index is 12.5. The highest BCUT2D eigenvalue weighted by Gasteiger charge is 2.36. The van der Waals surface area contributed by atoms with Crippen molar-refractivity contribution in [3.8, 4) is 5.75 Å². The Hall–Kier alpha value is -1.17. The van der Waals surface area contributed by atoms with Crippen LogP contribution < -0.4 is 4.74 Å². The summed E-state index contributed by atoms with van der Waals surface area (Å²) in [6, 6.07) is 9.02. The molecule has 0 aliphatic rings. The predicted molar refractivity (Wildman–Crippen MR) is 109 cm³/mol. The lowest BCUT2D eigenvalue weighted by Crippen LogP contribution is -2.41. The van der Waals surface area contributed by atoms with Crippen LogP contribution in [0.3, 0.4) is 0 Å². The zero-order valence-electron chi connectivity index (χ0n) is 17.2. The highest BCUT2D eigenvalue weighted by molar-refractivity contribution is 6.74. The monoisotopic (exact) mass is 380 g/mol. The molecule has 0 spiro atoms. The third-order valence-corrected chi connectivity index (χ3v) is 9.86. The van der Waals surface area contributed by atoms with Gasteiger partial charge in [-0.1, -0.05) is 52.3 Å². The van der Waals surface area contributed by atoms with Crippen molar-refractivity contribution in [2.75, 3.05) is 6.61 Å². The molecule has 0 aromatic heterocycles. The minimum Gasteiger partial charge on any atom is -0.426 e. The Balaban J connectivity index is 2.49. The van der Waals surface area contributed by atoms with Crippen molar-refractivity contribution < 1.29 is 19.1 Å². The molecular formula is C21H36O4Si. The van der Waals surface area contributed by atoms with E-state index >= 15 is 0 Å². The number of hydrogen-bond donors (Lipinski definition) is 1. The second-order valence-corrected chi connectivity index (χ2v) is 13.2. The van der Waals surface area contributed by atoms with E-state index in [2.05, 4.69) is 33.9 Å². The summed E-state index contributed by atoms with van der Waals surface area (Å²) >= 11 is 0. The molecular weight excluding hydrogens is 344 g/mol. The van der Waals surface area contributed by atoms with Gasteiger partial charge < -0.3 is 14.3 Å². The van der Waals surface area contributed by atoms with E-state index in [1.54, 1.807) is 12.1 Å². The molecule has 1 rings (SSSR count). The Morgan fingerprint density at radius 3 is 2.31 bits per heavy atom. The van der Waals surface area contributed by atoms with Crippen LogP contribution in [-0.2, 0) is 9.22 Å². The molecule has 148 valence electrons. The van der Waals surface area contributed by atoms with E-state index in [0.29, 0.717) is 25.2 Å². The van der Waals surface area contributed by atoms with Gasteiger partial charge >= 0.3 is 5.97 Å². The van der Waals surface area contributed by atoms with Gasteiger partial charge in [0.15, 0.2) is 8.32 Å². The Bertz CT molecular complexity index is 537. The van der Waals surface area contributed by atoms with E-state index < -0.39 is 20.3 Å². The first-order valence-corrected chi connectivity index (χ1v) is 12.6. The van der Waals surface area contributed by atoms with Crippen LogP contribution in [0.4, 0.5) is 0 Å². The Labute approximate surface area is 160 Å². The summed E-state index contributed by atoms with van der Waals surface area (Å²) in [7, 11) is -1.72. The fraction of sp³-hybridized carbons (Fsp3) is 0.667. The van der Waals surface area contributed by atoms with E-state index in [0.717, 1.165) is 12.8 Å². The average molecular weight is 381 g/mol. The number of aliphatic hydroxyl groups excluding tert-OH is 1. The second-order valence-electron chi connectivity index (χ2n) is 8.42. The van der Waals surface area contributed by atoms with Gasteiger partial charge in [0, 0.05) is 6.61 Å². The summed E-state index contributed by atoms with van der Waals surface area (Å²) in [6.07, 6.45) is 2.20. The van der Waals surface area contributed by atoms with Gasteiger partial charge in [-0.2, -0.15) is 0 Å². The fourth-order valence-corrected chi connectivity index (χ4v) is 3.53. The standard InChI is InChI=1S/C21H36O4Si/c1-7-19(22)18(20(23)25-17-13-9-8-10-14-17)15-11-12-16-24-26(5,6)21(2,3)4/h8-10,13-14,18-19,22H,7,11-12,15-16H2,1-6H3/t18-,19+/m0/s1. The molecule has 0 amide bonds. The summed E-state index contributed by atoms with van der Waals surface area (Å²) in [5, 5.41) is 10.4. The zero-order valence-corrected chi connectivity index (χ0v) is 18.2. The van der Waals surface area contributed by atoms with Crippen LogP contribution in [0.5, 0.6) is 5.75 Å². The highest BCUT2D eigenvalue weighted by atomic mass is 28.4. The molecule has 0 saturated carbocycles. The van der Waals surface area contributed by atoms with Crippen LogP contribution in [0, 0.1) is 5.92 Å². The SMILES string of the molecule is CC[C@@H](O)[C@H](CCCCO[Si](C)(C)C(C)(C)C)C(=O)Oc1ccccc1. The maximum Gasteiger partial charge on any atom is 0.316 e. The number of carbonyl (C=O) groups excluding carboxylic acids is 1. The smallest absolute Gasteiger partial charge is 0.316 e. The number of hydrogen-bond acceptors (Lipinski definition) is 4. The summed E-state index contributed by atoms with van der Waals surface area (Å²) in [6.45, 7) is 13.8. The van der Waals surface area contributed by atoms with Crippen molar-refractivity contribution in [2.24, 2.45) is 5.92 Å². The van der Waals surface area contributed by atoms with Crippen LogP contribution in [0.1, 0.15) is 53.4 Å². The average Bonchev–Trinajstić information content (AvgIpc) is 2.57. The molecule has 4 nitrogen and oxygen atoms in total. The lowest BCUT2D eigenvalue weighted by atomic mass is 9.94. The van der Waals surface area contributed by atoms with Gasteiger partial charge in [0.25, 0.3) is 0 Å². The largest absolute Gasteiger partial charge is 0.426 e. The summed E-state index contributed by atoms with van der Waals surface area (Å²) in [4.78, 5) is 12.5. The molecule has 5 heteroatoms. The van der Waals surface area contributed by atoms with Crippen molar-refractivity contribution in [1.29, 1.82) is 0 Å². The molecule has 0 bridgehead atoms. The normalized spacial score (nSPS) is 14.7. The van der Waals surface area contributed by atoms with Crippen LogP contribution in [0.2, 0.25) is 18.1 Å². The molecule has 1 N–H and O–H groups in total. The molecule has 0 aliphatic heterocycles. The molecule has 0 unspecified atom stereocenters. The van der Waals surface area contributed by atoms with E-state index in [-0.39, 0.29) is 11.0 Å². The number of benzene rings is 1. The van der Waals surface area contributed by atoms with Crippen LogP contribution in [0.25, 0.3) is 0 Å². The van der Waals surface area contributed by atoms with E-state index in [1.807, 2.05) is 25.1 Å². The molecule has 0 saturated heterocycles. The Morgan fingerprint density at radius 2 is 1.77 bits per heavy atom. The van der Waals surface area contributed by atoms with E-state index in [1.165, 1.54) is 0 Å². The zero-order chi connectivity index (χ0) is 19.8. The molecule has 1 aromatic rings. The van der Waals surface area contributed by atoms with E-state index in [4.69, 9.17) is 9.16 Å². The van der Waals surface area contributed by atoms with Crippen molar-refractivity contribution in [3.63, 3.8) is 0 Å². The van der Waals surface area contributed by atoms with Gasteiger partial charge in [-0.25, -0.2) is 0 Å². The van der Waals surface area contributed by atoms with Gasteiger partial charge in [0.1, 0.15) is 5.75 Å². The number of ether oxygens (including phenoxy) is 1. The second kappa shape index (κ2) is 10.2. The van der Waals surface area contributed by atoms with Crippen molar-refractivity contribution in [1.82, 2.24) is 0 Å². The molecule has 0 radical (unpaired) electrons. The lowest BCUT2D eigenvalue weighted by Gasteiger charge is -2.36. The number of rotatable bonds is 10. The number of unbranched alkanes of at least 4 members (excludes halogenated alkanes) is 1. The van der Waals surface area contributed by atoms with Crippen LogP contribution >= 0.6 is 0 Å².